The number of likely N-dealkylation sites (tertiary alicyclic amines) is 1. The highest BCUT2D eigenvalue weighted by Gasteiger charge is 2.26. The van der Waals surface area contributed by atoms with Crippen LogP contribution in [0.3, 0.4) is 0 Å². The summed E-state index contributed by atoms with van der Waals surface area (Å²) in [5.41, 5.74) is 0.909. The number of pyridine rings is 1. The Morgan fingerprint density at radius 3 is 3.10 bits per heavy atom. The SMILES string of the molecule is CC(O)C1CCCN(C(=O)NCc2ccc(Cl)nc2)C1. The summed E-state index contributed by atoms with van der Waals surface area (Å²) >= 11 is 5.71. The summed E-state index contributed by atoms with van der Waals surface area (Å²) < 4.78 is 0. The molecule has 0 aromatic carbocycles. The molecule has 110 valence electrons. The summed E-state index contributed by atoms with van der Waals surface area (Å²) in [5, 5.41) is 12.9. The van der Waals surface area contributed by atoms with Gasteiger partial charge in [-0.1, -0.05) is 17.7 Å². The van der Waals surface area contributed by atoms with Gasteiger partial charge in [-0.2, -0.15) is 0 Å². The number of carbonyl (C=O) groups excluding carboxylic acids is 1. The second-order valence-electron chi connectivity index (χ2n) is 5.24. The normalized spacial score (nSPS) is 20.6. The minimum absolute atomic E-state index is 0.0923. The summed E-state index contributed by atoms with van der Waals surface area (Å²) in [7, 11) is 0. The molecule has 1 aliphatic rings. The maximum Gasteiger partial charge on any atom is 0.317 e. The van der Waals surface area contributed by atoms with E-state index >= 15 is 0 Å². The molecule has 2 rings (SSSR count). The van der Waals surface area contributed by atoms with Crippen LogP contribution in [0.1, 0.15) is 25.3 Å². The zero-order valence-electron chi connectivity index (χ0n) is 11.6. The average Bonchev–Trinajstić information content (AvgIpc) is 2.46. The lowest BCUT2D eigenvalue weighted by atomic mass is 9.94. The smallest absolute Gasteiger partial charge is 0.317 e. The van der Waals surface area contributed by atoms with Gasteiger partial charge in [-0.25, -0.2) is 9.78 Å². The Morgan fingerprint density at radius 1 is 1.65 bits per heavy atom. The highest BCUT2D eigenvalue weighted by molar-refractivity contribution is 6.29. The Hall–Kier alpha value is -1.33. The minimum Gasteiger partial charge on any atom is -0.393 e. The number of halogens is 1. The van der Waals surface area contributed by atoms with E-state index in [9.17, 15) is 9.90 Å². The third-order valence-corrected chi connectivity index (χ3v) is 3.88. The van der Waals surface area contributed by atoms with Crippen LogP contribution in [-0.4, -0.2) is 40.2 Å². The summed E-state index contributed by atoms with van der Waals surface area (Å²) in [5.74, 6) is 0.173. The van der Waals surface area contributed by atoms with Crippen molar-refractivity contribution in [1.29, 1.82) is 0 Å². The molecule has 0 bridgehead atoms. The monoisotopic (exact) mass is 297 g/mol. The third kappa shape index (κ3) is 4.08. The number of amides is 2. The number of urea groups is 1. The van der Waals surface area contributed by atoms with Crippen LogP contribution in [0.15, 0.2) is 18.3 Å². The van der Waals surface area contributed by atoms with Crippen molar-refractivity contribution in [2.75, 3.05) is 13.1 Å². The van der Waals surface area contributed by atoms with Crippen molar-refractivity contribution < 1.29 is 9.90 Å². The van der Waals surface area contributed by atoms with Crippen molar-refractivity contribution in [3.8, 4) is 0 Å². The van der Waals surface area contributed by atoms with Crippen LogP contribution in [0.4, 0.5) is 4.79 Å². The molecule has 2 heterocycles. The Kier molecular flexibility index (Phi) is 5.20. The van der Waals surface area contributed by atoms with Crippen LogP contribution in [0, 0.1) is 5.92 Å². The van der Waals surface area contributed by atoms with E-state index in [-0.39, 0.29) is 18.1 Å². The van der Waals surface area contributed by atoms with E-state index in [1.165, 1.54) is 0 Å². The van der Waals surface area contributed by atoms with E-state index in [1.807, 2.05) is 6.07 Å². The van der Waals surface area contributed by atoms with Gasteiger partial charge in [0, 0.05) is 31.7 Å². The largest absolute Gasteiger partial charge is 0.393 e. The molecule has 5 nitrogen and oxygen atoms in total. The minimum atomic E-state index is -0.369. The van der Waals surface area contributed by atoms with E-state index in [0.717, 1.165) is 24.9 Å². The Balaban J connectivity index is 1.83. The van der Waals surface area contributed by atoms with Crippen LogP contribution < -0.4 is 5.32 Å². The first kappa shape index (κ1) is 15.1. The second-order valence-corrected chi connectivity index (χ2v) is 5.62. The van der Waals surface area contributed by atoms with Gasteiger partial charge < -0.3 is 15.3 Å². The van der Waals surface area contributed by atoms with Gasteiger partial charge in [-0.15, -0.1) is 0 Å². The van der Waals surface area contributed by atoms with Gasteiger partial charge in [0.05, 0.1) is 6.10 Å². The molecular formula is C14H20ClN3O2. The van der Waals surface area contributed by atoms with Gasteiger partial charge in [0.1, 0.15) is 5.15 Å². The number of carbonyl (C=O) groups is 1. The number of aliphatic hydroxyl groups is 1. The first-order chi connectivity index (χ1) is 9.56. The highest BCUT2D eigenvalue weighted by atomic mass is 35.5. The predicted octanol–water partition coefficient (Wildman–Crippen LogP) is 2.04. The molecule has 2 amide bonds. The van der Waals surface area contributed by atoms with Gasteiger partial charge >= 0.3 is 6.03 Å². The molecule has 0 saturated carbocycles. The third-order valence-electron chi connectivity index (χ3n) is 3.66. The number of rotatable bonds is 3. The molecule has 20 heavy (non-hydrogen) atoms. The highest BCUT2D eigenvalue weighted by Crippen LogP contribution is 2.19. The van der Waals surface area contributed by atoms with Crippen molar-refractivity contribution in [2.45, 2.75) is 32.4 Å². The van der Waals surface area contributed by atoms with Gasteiger partial charge in [-0.3, -0.25) is 0 Å². The average molecular weight is 298 g/mol. The number of hydrogen-bond acceptors (Lipinski definition) is 3. The number of aliphatic hydroxyl groups excluding tert-OH is 1. The molecule has 1 aromatic heterocycles. The molecule has 0 spiro atoms. The number of nitrogens with one attached hydrogen (secondary N) is 1. The van der Waals surface area contributed by atoms with Gasteiger partial charge in [0.2, 0.25) is 0 Å². The summed E-state index contributed by atoms with van der Waals surface area (Å²) in [6.07, 6.45) is 3.19. The van der Waals surface area contributed by atoms with E-state index in [0.29, 0.717) is 18.2 Å². The first-order valence-corrected chi connectivity index (χ1v) is 7.25. The summed E-state index contributed by atoms with van der Waals surface area (Å²) in [6.45, 7) is 3.57. The maximum absolute atomic E-state index is 12.1. The van der Waals surface area contributed by atoms with Gasteiger partial charge in [0.15, 0.2) is 0 Å². The van der Waals surface area contributed by atoms with Gasteiger partial charge in [-0.05, 0) is 31.4 Å². The lowest BCUT2D eigenvalue weighted by molar-refractivity contribution is 0.0738. The van der Waals surface area contributed by atoms with E-state index in [1.54, 1.807) is 24.1 Å². The Bertz CT molecular complexity index is 450. The standard InChI is InChI=1S/C14H20ClN3O2/c1-10(19)12-3-2-6-18(9-12)14(20)17-8-11-4-5-13(15)16-7-11/h4-5,7,10,12,19H,2-3,6,8-9H2,1H3,(H,17,20). The zero-order valence-corrected chi connectivity index (χ0v) is 12.3. The molecular weight excluding hydrogens is 278 g/mol. The van der Waals surface area contributed by atoms with Crippen LogP contribution in [0.5, 0.6) is 0 Å². The molecule has 0 aliphatic carbocycles. The van der Waals surface area contributed by atoms with Crippen molar-refractivity contribution in [3.63, 3.8) is 0 Å². The molecule has 6 heteroatoms. The molecule has 2 N–H and O–H groups in total. The fourth-order valence-corrected chi connectivity index (χ4v) is 2.50. The van der Waals surface area contributed by atoms with Crippen molar-refractivity contribution in [1.82, 2.24) is 15.2 Å². The molecule has 2 unspecified atom stereocenters. The van der Waals surface area contributed by atoms with E-state index in [2.05, 4.69) is 10.3 Å². The number of nitrogens with zero attached hydrogens (tertiary/aromatic N) is 2. The number of piperidine rings is 1. The topological polar surface area (TPSA) is 65.5 Å². The zero-order chi connectivity index (χ0) is 14.5. The molecule has 2 atom stereocenters. The van der Waals surface area contributed by atoms with Crippen molar-refractivity contribution >= 4 is 17.6 Å². The van der Waals surface area contributed by atoms with Crippen LogP contribution >= 0.6 is 11.6 Å². The fourth-order valence-electron chi connectivity index (χ4n) is 2.39. The predicted molar refractivity (Wildman–Crippen MR) is 77.5 cm³/mol. The fraction of sp³-hybridized carbons (Fsp3) is 0.571. The second kappa shape index (κ2) is 6.90. The molecule has 1 fully saturated rings. The quantitative estimate of drug-likeness (QED) is 0.839. The first-order valence-electron chi connectivity index (χ1n) is 6.87. The summed E-state index contributed by atoms with van der Waals surface area (Å²) in [4.78, 5) is 17.8. The lowest BCUT2D eigenvalue weighted by Gasteiger charge is -2.34. The number of aromatic nitrogens is 1. The molecule has 1 aromatic rings. The van der Waals surface area contributed by atoms with Crippen molar-refractivity contribution in [3.05, 3.63) is 29.0 Å². The van der Waals surface area contributed by atoms with Crippen LogP contribution in [0.2, 0.25) is 5.15 Å². The molecule has 0 radical (unpaired) electrons. The van der Waals surface area contributed by atoms with E-state index < -0.39 is 0 Å². The lowest BCUT2D eigenvalue weighted by Crippen LogP contribution is -2.47. The Morgan fingerprint density at radius 2 is 2.45 bits per heavy atom. The van der Waals surface area contributed by atoms with Gasteiger partial charge in [0.25, 0.3) is 0 Å². The van der Waals surface area contributed by atoms with Crippen LogP contribution in [-0.2, 0) is 6.54 Å². The molecule has 1 aliphatic heterocycles. The Labute approximate surface area is 123 Å². The van der Waals surface area contributed by atoms with E-state index in [4.69, 9.17) is 11.6 Å². The number of hydrogen-bond donors (Lipinski definition) is 2. The molecule has 1 saturated heterocycles. The van der Waals surface area contributed by atoms with Crippen LogP contribution in [0.25, 0.3) is 0 Å². The van der Waals surface area contributed by atoms with Crippen molar-refractivity contribution in [2.24, 2.45) is 5.92 Å². The maximum atomic E-state index is 12.1. The summed E-state index contributed by atoms with van der Waals surface area (Å²) in [6, 6.07) is 3.45.